The second-order valence-electron chi connectivity index (χ2n) is 1.23. The Morgan fingerprint density at radius 3 is 2.25 bits per heavy atom. The first-order valence-electron chi connectivity index (χ1n) is 1.94. The van der Waals surface area contributed by atoms with Crippen LogP contribution in [0.3, 0.4) is 0 Å². The molecule has 0 aliphatic rings. The third-order valence-electron chi connectivity index (χ3n) is 0.507. The van der Waals surface area contributed by atoms with Crippen molar-refractivity contribution in [2.75, 3.05) is 12.3 Å². The van der Waals surface area contributed by atoms with Crippen molar-refractivity contribution >= 4 is 16.8 Å². The van der Waals surface area contributed by atoms with Crippen LogP contribution in [0.5, 0.6) is 0 Å². The zero-order valence-electron chi connectivity index (χ0n) is 4.24. The maximum absolute atomic E-state index is 9.86. The smallest absolute Gasteiger partial charge is 0.266 e. The van der Waals surface area contributed by atoms with E-state index in [-0.39, 0.29) is 12.3 Å². The highest BCUT2D eigenvalue weighted by Gasteiger charge is 1.99. The van der Waals surface area contributed by atoms with Crippen molar-refractivity contribution in [3.05, 3.63) is 0 Å². The van der Waals surface area contributed by atoms with Crippen LogP contribution in [0.25, 0.3) is 0 Å². The number of hydrogen-bond acceptors (Lipinski definition) is 3. The lowest BCUT2D eigenvalue weighted by molar-refractivity contribution is 0.483. The average Bonchev–Trinajstić information content (AvgIpc) is 1.59. The largest absolute Gasteiger partial charge is 0.300 e. The van der Waals surface area contributed by atoms with Gasteiger partial charge in [0.05, 0.1) is 12.3 Å². The molecule has 5 heteroatoms. The number of aliphatic imine (C=N–C) groups is 1. The highest BCUT2D eigenvalue weighted by molar-refractivity contribution is 7.85. The minimum absolute atomic E-state index is 0.0544. The predicted octanol–water partition coefficient (Wildman–Crippen LogP) is -0.425. The first kappa shape index (κ1) is 7.58. The normalized spacial score (nSPS) is 11.1. The molecular weight excluding hydrogens is 130 g/mol. The van der Waals surface area contributed by atoms with Crippen molar-refractivity contribution in [1.29, 1.82) is 0 Å². The van der Waals surface area contributed by atoms with E-state index in [0.29, 0.717) is 0 Å². The van der Waals surface area contributed by atoms with Gasteiger partial charge in [-0.1, -0.05) is 0 Å². The molecule has 0 amide bonds. The standard InChI is InChI=1S/C3H7NO3S/c1-4-2-3-8(5,6)7/h1-3H2,(H,5,6,7). The van der Waals surface area contributed by atoms with Crippen molar-refractivity contribution in [1.82, 2.24) is 0 Å². The van der Waals surface area contributed by atoms with E-state index in [1.165, 1.54) is 0 Å². The van der Waals surface area contributed by atoms with Gasteiger partial charge >= 0.3 is 0 Å². The molecule has 4 nitrogen and oxygen atoms in total. The van der Waals surface area contributed by atoms with Crippen LogP contribution < -0.4 is 0 Å². The van der Waals surface area contributed by atoms with Crippen LogP contribution in [0.4, 0.5) is 0 Å². The van der Waals surface area contributed by atoms with Crippen LogP contribution in [0, 0.1) is 0 Å². The Hall–Kier alpha value is -0.420. The summed E-state index contributed by atoms with van der Waals surface area (Å²) in [7, 11) is -3.82. The molecule has 0 aromatic heterocycles. The van der Waals surface area contributed by atoms with Crippen molar-refractivity contribution in [3.8, 4) is 0 Å². The molecule has 0 rings (SSSR count). The molecule has 0 fully saturated rings. The highest BCUT2D eigenvalue weighted by Crippen LogP contribution is 1.79. The van der Waals surface area contributed by atoms with Crippen molar-refractivity contribution in [2.45, 2.75) is 0 Å². The van der Waals surface area contributed by atoms with Gasteiger partial charge in [0.2, 0.25) is 0 Å². The minimum atomic E-state index is -3.82. The van der Waals surface area contributed by atoms with Crippen LogP contribution in [0.15, 0.2) is 4.99 Å². The molecule has 0 aromatic rings. The highest BCUT2D eigenvalue weighted by atomic mass is 32.2. The van der Waals surface area contributed by atoms with Crippen LogP contribution in [-0.2, 0) is 10.1 Å². The topological polar surface area (TPSA) is 66.7 Å². The first-order chi connectivity index (χ1) is 3.56. The molecular formula is C3H7NO3S. The Morgan fingerprint density at radius 2 is 2.12 bits per heavy atom. The van der Waals surface area contributed by atoms with E-state index in [1.807, 2.05) is 0 Å². The molecule has 8 heavy (non-hydrogen) atoms. The van der Waals surface area contributed by atoms with E-state index < -0.39 is 10.1 Å². The summed E-state index contributed by atoms with van der Waals surface area (Å²) in [6.45, 7) is 3.09. The molecule has 0 aliphatic carbocycles. The van der Waals surface area contributed by atoms with E-state index in [1.54, 1.807) is 0 Å². The van der Waals surface area contributed by atoms with Crippen LogP contribution in [0.2, 0.25) is 0 Å². The molecule has 0 atom stereocenters. The molecule has 0 saturated heterocycles. The van der Waals surface area contributed by atoms with E-state index in [0.717, 1.165) is 0 Å². The monoisotopic (exact) mass is 137 g/mol. The van der Waals surface area contributed by atoms with E-state index in [9.17, 15) is 8.42 Å². The number of rotatable bonds is 3. The lowest BCUT2D eigenvalue weighted by Crippen LogP contribution is -2.05. The Bertz CT molecular complexity index is 159. The summed E-state index contributed by atoms with van der Waals surface area (Å²) in [5, 5.41) is 0. The number of nitrogens with zero attached hydrogens (tertiary/aromatic N) is 1. The third kappa shape index (κ3) is 5.58. The molecule has 0 aromatic carbocycles. The predicted molar refractivity (Wildman–Crippen MR) is 30.8 cm³/mol. The summed E-state index contributed by atoms with van der Waals surface area (Å²) >= 11 is 0. The quantitative estimate of drug-likeness (QED) is 0.424. The summed E-state index contributed by atoms with van der Waals surface area (Å²) < 4.78 is 27.7. The van der Waals surface area contributed by atoms with Gasteiger partial charge in [-0.2, -0.15) is 8.42 Å². The molecule has 0 radical (unpaired) electrons. The van der Waals surface area contributed by atoms with Gasteiger partial charge in [0.1, 0.15) is 0 Å². The van der Waals surface area contributed by atoms with Gasteiger partial charge in [-0.25, -0.2) is 0 Å². The fourth-order valence-electron chi connectivity index (χ4n) is 0.180. The molecule has 0 saturated carbocycles. The number of hydrogen-bond donors (Lipinski definition) is 1. The molecule has 0 aliphatic heterocycles. The molecule has 48 valence electrons. The summed E-state index contributed by atoms with van der Waals surface area (Å²) in [4.78, 5) is 3.23. The summed E-state index contributed by atoms with van der Waals surface area (Å²) in [5.74, 6) is -0.337. The average molecular weight is 137 g/mol. The second-order valence-corrected chi connectivity index (χ2v) is 2.81. The molecule has 0 heterocycles. The molecule has 0 unspecified atom stereocenters. The lowest BCUT2D eigenvalue weighted by atomic mass is 10.8. The fourth-order valence-corrected chi connectivity index (χ4v) is 0.540. The van der Waals surface area contributed by atoms with Gasteiger partial charge in [0.15, 0.2) is 0 Å². The van der Waals surface area contributed by atoms with E-state index in [2.05, 4.69) is 11.7 Å². The molecule has 1 N–H and O–H groups in total. The van der Waals surface area contributed by atoms with Gasteiger partial charge in [0, 0.05) is 0 Å². The van der Waals surface area contributed by atoms with Crippen molar-refractivity contribution in [3.63, 3.8) is 0 Å². The lowest BCUT2D eigenvalue weighted by Gasteiger charge is -1.87. The van der Waals surface area contributed by atoms with Crippen molar-refractivity contribution < 1.29 is 13.0 Å². The van der Waals surface area contributed by atoms with Crippen LogP contribution in [0.1, 0.15) is 0 Å². The van der Waals surface area contributed by atoms with Crippen LogP contribution >= 0.6 is 0 Å². The summed E-state index contributed by atoms with van der Waals surface area (Å²) in [5.41, 5.74) is 0. The minimum Gasteiger partial charge on any atom is -0.300 e. The maximum Gasteiger partial charge on any atom is 0.266 e. The second kappa shape index (κ2) is 2.78. The van der Waals surface area contributed by atoms with Gasteiger partial charge < -0.3 is 0 Å². The van der Waals surface area contributed by atoms with Gasteiger partial charge in [-0.05, 0) is 6.72 Å². The Kier molecular flexibility index (Phi) is 2.64. The molecule has 0 bridgehead atoms. The first-order valence-corrected chi connectivity index (χ1v) is 3.55. The zero-order chi connectivity index (χ0) is 6.62. The summed E-state index contributed by atoms with van der Waals surface area (Å²) in [6.07, 6.45) is 0. The van der Waals surface area contributed by atoms with Gasteiger partial charge in [0.25, 0.3) is 10.1 Å². The van der Waals surface area contributed by atoms with Crippen molar-refractivity contribution in [2.24, 2.45) is 4.99 Å². The third-order valence-corrected chi connectivity index (χ3v) is 1.21. The Balaban J connectivity index is 3.57. The van der Waals surface area contributed by atoms with Gasteiger partial charge in [-0.3, -0.25) is 9.55 Å². The van der Waals surface area contributed by atoms with E-state index in [4.69, 9.17) is 4.55 Å². The molecule has 0 spiro atoms. The van der Waals surface area contributed by atoms with Crippen LogP contribution in [-0.4, -0.2) is 32.0 Å². The zero-order valence-corrected chi connectivity index (χ0v) is 5.06. The Labute approximate surface area is 48.0 Å². The summed E-state index contributed by atoms with van der Waals surface area (Å²) in [6, 6.07) is 0. The van der Waals surface area contributed by atoms with E-state index >= 15 is 0 Å². The Morgan fingerprint density at radius 1 is 1.62 bits per heavy atom. The fraction of sp³-hybridized carbons (Fsp3) is 0.667. The maximum atomic E-state index is 9.86. The van der Waals surface area contributed by atoms with Gasteiger partial charge in [-0.15, -0.1) is 0 Å². The SMILES string of the molecule is C=NCCS(=O)(=O)O.